The van der Waals surface area contributed by atoms with Crippen LogP contribution in [0.1, 0.15) is 42.9 Å². The molecule has 0 heterocycles. The van der Waals surface area contributed by atoms with Gasteiger partial charge in [-0.2, -0.15) is 0 Å². The molecule has 1 N–H and O–H groups in total. The Hall–Kier alpha value is -0.860. The monoisotopic (exact) mass is 206 g/mol. The van der Waals surface area contributed by atoms with Gasteiger partial charge in [0, 0.05) is 6.61 Å². The molecule has 1 aliphatic rings. The Morgan fingerprint density at radius 1 is 1.47 bits per heavy atom. The Morgan fingerprint density at radius 3 is 2.93 bits per heavy atom. The van der Waals surface area contributed by atoms with Crippen LogP contribution in [0.5, 0.6) is 0 Å². The van der Waals surface area contributed by atoms with Crippen molar-refractivity contribution in [2.75, 3.05) is 13.2 Å². The van der Waals surface area contributed by atoms with Crippen LogP contribution >= 0.6 is 0 Å². The van der Waals surface area contributed by atoms with Crippen molar-refractivity contribution in [2.45, 2.75) is 31.8 Å². The van der Waals surface area contributed by atoms with Crippen molar-refractivity contribution in [1.82, 2.24) is 0 Å². The molecule has 82 valence electrons. The van der Waals surface area contributed by atoms with Gasteiger partial charge in [-0.25, -0.2) is 0 Å². The van der Waals surface area contributed by atoms with Crippen LogP contribution < -0.4 is 0 Å². The van der Waals surface area contributed by atoms with Gasteiger partial charge in [-0.1, -0.05) is 24.3 Å². The van der Waals surface area contributed by atoms with E-state index in [2.05, 4.69) is 12.1 Å². The SMILES string of the molecule is CCOCC(O)c1cccc(C2CC2)c1. The lowest BCUT2D eigenvalue weighted by molar-refractivity contribution is 0.0420. The zero-order valence-corrected chi connectivity index (χ0v) is 9.15. The minimum absolute atomic E-state index is 0.393. The zero-order chi connectivity index (χ0) is 10.7. The third-order valence-electron chi connectivity index (χ3n) is 2.82. The van der Waals surface area contributed by atoms with E-state index in [-0.39, 0.29) is 0 Å². The molecule has 0 amide bonds. The largest absolute Gasteiger partial charge is 0.386 e. The molecule has 1 aromatic rings. The molecule has 2 rings (SSSR count). The van der Waals surface area contributed by atoms with Crippen molar-refractivity contribution >= 4 is 0 Å². The van der Waals surface area contributed by atoms with Crippen LogP contribution in [0.2, 0.25) is 0 Å². The molecule has 0 aromatic heterocycles. The Balaban J connectivity index is 2.02. The van der Waals surface area contributed by atoms with Gasteiger partial charge in [-0.3, -0.25) is 0 Å². The summed E-state index contributed by atoms with van der Waals surface area (Å²) >= 11 is 0. The molecule has 1 aliphatic carbocycles. The van der Waals surface area contributed by atoms with E-state index in [1.807, 2.05) is 19.1 Å². The Labute approximate surface area is 90.9 Å². The van der Waals surface area contributed by atoms with Crippen LogP contribution in [0.15, 0.2) is 24.3 Å². The molecule has 0 bridgehead atoms. The fourth-order valence-corrected chi connectivity index (χ4v) is 1.76. The second-order valence-corrected chi connectivity index (χ2v) is 4.12. The maximum atomic E-state index is 9.85. The predicted molar refractivity (Wildman–Crippen MR) is 59.9 cm³/mol. The van der Waals surface area contributed by atoms with Crippen LogP contribution in [-0.4, -0.2) is 18.3 Å². The Kier molecular flexibility index (Phi) is 3.39. The quantitative estimate of drug-likeness (QED) is 0.802. The highest BCUT2D eigenvalue weighted by molar-refractivity contribution is 5.30. The van der Waals surface area contributed by atoms with Gasteiger partial charge in [-0.05, 0) is 36.8 Å². The Morgan fingerprint density at radius 2 is 2.27 bits per heavy atom. The summed E-state index contributed by atoms with van der Waals surface area (Å²) in [6, 6.07) is 8.25. The van der Waals surface area contributed by atoms with Gasteiger partial charge in [-0.15, -0.1) is 0 Å². The minimum Gasteiger partial charge on any atom is -0.386 e. The third-order valence-corrected chi connectivity index (χ3v) is 2.82. The van der Waals surface area contributed by atoms with E-state index < -0.39 is 6.10 Å². The van der Waals surface area contributed by atoms with Crippen molar-refractivity contribution in [1.29, 1.82) is 0 Å². The predicted octanol–water partition coefficient (Wildman–Crippen LogP) is 2.63. The molecule has 1 aromatic carbocycles. The van der Waals surface area contributed by atoms with Gasteiger partial charge in [0.2, 0.25) is 0 Å². The van der Waals surface area contributed by atoms with Gasteiger partial charge in [0.05, 0.1) is 6.61 Å². The van der Waals surface area contributed by atoms with Crippen molar-refractivity contribution < 1.29 is 9.84 Å². The molecule has 0 spiro atoms. The molecule has 2 heteroatoms. The lowest BCUT2D eigenvalue weighted by Crippen LogP contribution is -2.07. The fourth-order valence-electron chi connectivity index (χ4n) is 1.76. The number of ether oxygens (including phenoxy) is 1. The molecular weight excluding hydrogens is 188 g/mol. The van der Waals surface area contributed by atoms with Gasteiger partial charge in [0.25, 0.3) is 0 Å². The van der Waals surface area contributed by atoms with Crippen LogP contribution in [0, 0.1) is 0 Å². The van der Waals surface area contributed by atoms with Crippen molar-refractivity contribution in [3.8, 4) is 0 Å². The number of aliphatic hydroxyl groups is 1. The molecule has 1 atom stereocenters. The number of aliphatic hydroxyl groups excluding tert-OH is 1. The lowest BCUT2D eigenvalue weighted by Gasteiger charge is -2.11. The highest BCUT2D eigenvalue weighted by Gasteiger charge is 2.23. The fraction of sp³-hybridized carbons (Fsp3) is 0.538. The first kappa shape index (κ1) is 10.7. The summed E-state index contributed by atoms with van der Waals surface area (Å²) in [7, 11) is 0. The smallest absolute Gasteiger partial charge is 0.102 e. The third kappa shape index (κ3) is 2.80. The highest BCUT2D eigenvalue weighted by atomic mass is 16.5. The van der Waals surface area contributed by atoms with Crippen LogP contribution in [0.25, 0.3) is 0 Å². The summed E-state index contributed by atoms with van der Waals surface area (Å²) in [5, 5.41) is 9.85. The van der Waals surface area contributed by atoms with Crippen molar-refractivity contribution in [3.05, 3.63) is 35.4 Å². The average molecular weight is 206 g/mol. The van der Waals surface area contributed by atoms with Crippen molar-refractivity contribution in [2.24, 2.45) is 0 Å². The lowest BCUT2D eigenvalue weighted by atomic mass is 10.0. The van der Waals surface area contributed by atoms with E-state index in [4.69, 9.17) is 4.74 Å². The second-order valence-electron chi connectivity index (χ2n) is 4.12. The summed E-state index contributed by atoms with van der Waals surface area (Å²) in [4.78, 5) is 0. The summed E-state index contributed by atoms with van der Waals surface area (Å²) in [5.41, 5.74) is 2.34. The molecule has 0 saturated heterocycles. The first-order valence-corrected chi connectivity index (χ1v) is 5.67. The van der Waals surface area contributed by atoms with E-state index in [1.165, 1.54) is 18.4 Å². The zero-order valence-electron chi connectivity index (χ0n) is 9.15. The maximum absolute atomic E-state index is 9.85. The number of hydrogen-bond donors (Lipinski definition) is 1. The number of benzene rings is 1. The normalized spacial score (nSPS) is 17.7. The Bertz CT molecular complexity index is 318. The van der Waals surface area contributed by atoms with Crippen LogP contribution in [0.4, 0.5) is 0 Å². The van der Waals surface area contributed by atoms with E-state index >= 15 is 0 Å². The summed E-state index contributed by atoms with van der Waals surface area (Å²) in [6.45, 7) is 2.98. The maximum Gasteiger partial charge on any atom is 0.102 e. The average Bonchev–Trinajstić information content (AvgIpc) is 3.10. The standard InChI is InChI=1S/C13H18O2/c1-2-15-9-13(14)12-5-3-4-11(8-12)10-6-7-10/h3-5,8,10,13-14H,2,6-7,9H2,1H3. The second kappa shape index (κ2) is 4.77. The topological polar surface area (TPSA) is 29.5 Å². The van der Waals surface area contributed by atoms with Crippen molar-refractivity contribution in [3.63, 3.8) is 0 Å². The first-order chi connectivity index (χ1) is 7.31. The van der Waals surface area contributed by atoms with Gasteiger partial charge < -0.3 is 9.84 Å². The number of hydrogen-bond acceptors (Lipinski definition) is 2. The number of rotatable bonds is 5. The molecular formula is C13H18O2. The summed E-state index contributed by atoms with van der Waals surface area (Å²) < 4.78 is 5.22. The van der Waals surface area contributed by atoms with Crippen LogP contribution in [-0.2, 0) is 4.74 Å². The molecule has 2 nitrogen and oxygen atoms in total. The van der Waals surface area contributed by atoms with Gasteiger partial charge in [0.1, 0.15) is 6.10 Å². The van der Waals surface area contributed by atoms with Crippen LogP contribution in [0.3, 0.4) is 0 Å². The van der Waals surface area contributed by atoms with E-state index in [1.54, 1.807) is 0 Å². The molecule has 0 radical (unpaired) electrons. The van der Waals surface area contributed by atoms with E-state index in [0.29, 0.717) is 13.2 Å². The first-order valence-electron chi connectivity index (χ1n) is 5.67. The summed E-state index contributed by atoms with van der Waals surface area (Å²) in [5.74, 6) is 0.740. The molecule has 15 heavy (non-hydrogen) atoms. The van der Waals surface area contributed by atoms with Gasteiger partial charge >= 0.3 is 0 Å². The molecule has 1 unspecified atom stereocenters. The highest BCUT2D eigenvalue weighted by Crippen LogP contribution is 2.40. The van der Waals surface area contributed by atoms with E-state index in [0.717, 1.165) is 11.5 Å². The summed E-state index contributed by atoms with van der Waals surface area (Å²) in [6.07, 6.45) is 2.11. The minimum atomic E-state index is -0.483. The van der Waals surface area contributed by atoms with E-state index in [9.17, 15) is 5.11 Å². The molecule has 1 fully saturated rings. The molecule has 0 aliphatic heterocycles. The molecule has 1 saturated carbocycles. The van der Waals surface area contributed by atoms with Gasteiger partial charge in [0.15, 0.2) is 0 Å².